The molecule has 0 fully saturated rings. The largest absolute Gasteiger partial charge is 0.454 e. The Morgan fingerprint density at radius 2 is 1.97 bits per heavy atom. The van der Waals surface area contributed by atoms with Crippen LogP contribution in [0, 0.1) is 10.1 Å². The average molecular weight is 458 g/mol. The topological polar surface area (TPSA) is 149 Å². The van der Waals surface area contributed by atoms with Crippen LogP contribution < -0.4 is 16.0 Å². The Bertz CT molecular complexity index is 1160. The van der Waals surface area contributed by atoms with Gasteiger partial charge in [0.1, 0.15) is 0 Å². The summed E-state index contributed by atoms with van der Waals surface area (Å²) >= 11 is 6.17. The van der Waals surface area contributed by atoms with Crippen molar-refractivity contribution in [2.75, 3.05) is 30.0 Å². The zero-order valence-corrected chi connectivity index (χ0v) is 18.0. The van der Waals surface area contributed by atoms with Gasteiger partial charge in [0.25, 0.3) is 5.69 Å². The number of nitro groups is 1. The molecule has 0 spiro atoms. The molecule has 1 heterocycles. The summed E-state index contributed by atoms with van der Waals surface area (Å²) in [6.07, 6.45) is 0. The van der Waals surface area contributed by atoms with Crippen LogP contribution in [0.2, 0.25) is 5.02 Å². The number of nitrogens with zero attached hydrogens (tertiary/aromatic N) is 5. The molecule has 3 rings (SSSR count). The molecule has 0 radical (unpaired) electrons. The van der Waals surface area contributed by atoms with Gasteiger partial charge in [0, 0.05) is 43.5 Å². The lowest BCUT2D eigenvalue weighted by atomic mass is 10.1. The molecular formula is C20H20ClN7O4. The van der Waals surface area contributed by atoms with Gasteiger partial charge in [0.15, 0.2) is 12.4 Å². The van der Waals surface area contributed by atoms with E-state index in [0.29, 0.717) is 23.2 Å². The molecule has 12 heteroatoms. The van der Waals surface area contributed by atoms with Crippen LogP contribution in [-0.4, -0.2) is 39.9 Å². The first-order valence-electron chi connectivity index (χ1n) is 9.35. The minimum Gasteiger partial charge on any atom is -0.454 e. The van der Waals surface area contributed by atoms with E-state index in [4.69, 9.17) is 22.1 Å². The molecular weight excluding hydrogens is 438 g/mol. The Morgan fingerprint density at radius 1 is 1.22 bits per heavy atom. The molecule has 32 heavy (non-hydrogen) atoms. The van der Waals surface area contributed by atoms with Gasteiger partial charge < -0.3 is 20.7 Å². The van der Waals surface area contributed by atoms with Crippen LogP contribution in [0.3, 0.4) is 0 Å². The number of nitrogen functional groups attached to an aromatic ring is 1. The lowest BCUT2D eigenvalue weighted by Crippen LogP contribution is -2.17. The summed E-state index contributed by atoms with van der Waals surface area (Å²) in [5.41, 5.74) is 6.56. The highest BCUT2D eigenvalue weighted by molar-refractivity contribution is 6.31. The van der Waals surface area contributed by atoms with Gasteiger partial charge in [-0.1, -0.05) is 29.8 Å². The molecule has 0 aliphatic carbocycles. The number of nitrogens with two attached hydrogens (primary N) is 1. The number of ether oxygens (including phenoxy) is 1. The number of esters is 1. The first kappa shape index (κ1) is 22.7. The highest BCUT2D eigenvalue weighted by Crippen LogP contribution is 2.25. The Balaban J connectivity index is 1.81. The SMILES string of the molecule is CN(C)c1nc(N)nc(COC(=O)c2cc([N+](=O)[O-])ccc2NCc2ccccc2Cl)n1. The number of benzene rings is 2. The normalized spacial score (nSPS) is 10.5. The minimum absolute atomic E-state index is 0.0129. The molecule has 0 aliphatic heterocycles. The molecule has 3 aromatic rings. The first-order valence-corrected chi connectivity index (χ1v) is 9.73. The summed E-state index contributed by atoms with van der Waals surface area (Å²) in [5, 5.41) is 14.8. The van der Waals surface area contributed by atoms with Crippen LogP contribution in [0.4, 0.5) is 23.3 Å². The predicted octanol–water partition coefficient (Wildman–Crippen LogP) is 3.05. The van der Waals surface area contributed by atoms with Gasteiger partial charge in [-0.15, -0.1) is 0 Å². The number of hydrogen-bond donors (Lipinski definition) is 2. The average Bonchev–Trinajstić information content (AvgIpc) is 2.76. The summed E-state index contributed by atoms with van der Waals surface area (Å²) in [4.78, 5) is 37.1. The van der Waals surface area contributed by atoms with E-state index in [1.165, 1.54) is 12.1 Å². The summed E-state index contributed by atoms with van der Waals surface area (Å²) in [7, 11) is 3.45. The number of anilines is 3. The van der Waals surface area contributed by atoms with E-state index >= 15 is 0 Å². The zero-order valence-electron chi connectivity index (χ0n) is 17.3. The number of non-ortho nitro benzene ring substituents is 1. The first-order chi connectivity index (χ1) is 15.2. The molecule has 1 aromatic heterocycles. The number of nitro benzene ring substituents is 1. The Kier molecular flexibility index (Phi) is 7.00. The van der Waals surface area contributed by atoms with Crippen molar-refractivity contribution in [3.05, 3.63) is 74.6 Å². The fourth-order valence-electron chi connectivity index (χ4n) is 2.70. The van der Waals surface area contributed by atoms with E-state index < -0.39 is 10.9 Å². The number of halogens is 1. The smallest absolute Gasteiger partial charge is 0.340 e. The number of hydrogen-bond acceptors (Lipinski definition) is 10. The number of nitrogens with one attached hydrogen (secondary N) is 1. The van der Waals surface area contributed by atoms with Crippen molar-refractivity contribution in [3.63, 3.8) is 0 Å². The number of carbonyl (C=O) groups excluding carboxylic acids is 1. The number of aromatic nitrogens is 3. The van der Waals surface area contributed by atoms with Crippen LogP contribution in [0.5, 0.6) is 0 Å². The molecule has 0 saturated heterocycles. The minimum atomic E-state index is -0.791. The van der Waals surface area contributed by atoms with E-state index in [1.54, 1.807) is 31.1 Å². The third kappa shape index (κ3) is 5.58. The van der Waals surface area contributed by atoms with E-state index in [1.807, 2.05) is 12.1 Å². The second kappa shape index (κ2) is 9.88. The quantitative estimate of drug-likeness (QED) is 0.293. The van der Waals surface area contributed by atoms with Crippen LogP contribution in [0.1, 0.15) is 21.7 Å². The van der Waals surface area contributed by atoms with Gasteiger partial charge in [-0.25, -0.2) is 4.79 Å². The number of carbonyl (C=O) groups is 1. The van der Waals surface area contributed by atoms with Crippen molar-refractivity contribution in [2.45, 2.75) is 13.2 Å². The van der Waals surface area contributed by atoms with E-state index in [9.17, 15) is 14.9 Å². The van der Waals surface area contributed by atoms with Gasteiger partial charge in [0.2, 0.25) is 11.9 Å². The lowest BCUT2D eigenvalue weighted by Gasteiger charge is -2.13. The molecule has 0 atom stereocenters. The van der Waals surface area contributed by atoms with Crippen molar-refractivity contribution in [1.29, 1.82) is 0 Å². The van der Waals surface area contributed by atoms with Crippen molar-refractivity contribution >= 4 is 40.8 Å². The van der Waals surface area contributed by atoms with Gasteiger partial charge in [-0.05, 0) is 17.7 Å². The summed E-state index contributed by atoms with van der Waals surface area (Å²) in [6.45, 7) is 0.00694. The van der Waals surface area contributed by atoms with Gasteiger partial charge in [-0.3, -0.25) is 10.1 Å². The third-order valence-electron chi connectivity index (χ3n) is 4.28. The summed E-state index contributed by atoms with van der Waals surface area (Å²) in [5.74, 6) is -0.362. The van der Waals surface area contributed by atoms with Gasteiger partial charge in [0.05, 0.1) is 10.5 Å². The fourth-order valence-corrected chi connectivity index (χ4v) is 2.90. The molecule has 0 saturated carbocycles. The second-order valence-electron chi connectivity index (χ2n) is 6.81. The monoisotopic (exact) mass is 457 g/mol. The zero-order chi connectivity index (χ0) is 23.3. The van der Waals surface area contributed by atoms with Crippen LogP contribution in [0.15, 0.2) is 42.5 Å². The third-order valence-corrected chi connectivity index (χ3v) is 4.65. The molecule has 11 nitrogen and oxygen atoms in total. The lowest BCUT2D eigenvalue weighted by molar-refractivity contribution is -0.384. The standard InChI is InChI=1S/C20H20ClN7O4/c1-27(2)20-25-17(24-19(22)26-20)11-32-18(29)14-9-13(28(30)31)7-8-16(14)23-10-12-5-3-4-6-15(12)21/h3-9,23H,10-11H2,1-2H3,(H2,22,24,25,26). The molecule has 2 aromatic carbocycles. The summed E-state index contributed by atoms with van der Waals surface area (Å²) < 4.78 is 5.30. The second-order valence-corrected chi connectivity index (χ2v) is 7.22. The van der Waals surface area contributed by atoms with Crippen molar-refractivity contribution in [3.8, 4) is 0 Å². The Morgan fingerprint density at radius 3 is 2.66 bits per heavy atom. The van der Waals surface area contributed by atoms with Gasteiger partial charge in [-0.2, -0.15) is 15.0 Å². The van der Waals surface area contributed by atoms with E-state index in [-0.39, 0.29) is 29.6 Å². The predicted molar refractivity (Wildman–Crippen MR) is 120 cm³/mol. The molecule has 166 valence electrons. The maximum absolute atomic E-state index is 12.8. The maximum atomic E-state index is 12.8. The van der Waals surface area contributed by atoms with E-state index in [0.717, 1.165) is 11.6 Å². The van der Waals surface area contributed by atoms with Crippen LogP contribution in [0.25, 0.3) is 0 Å². The number of rotatable bonds is 8. The highest BCUT2D eigenvalue weighted by Gasteiger charge is 2.19. The fraction of sp³-hybridized carbons (Fsp3) is 0.200. The molecule has 0 bridgehead atoms. The molecule has 0 amide bonds. The van der Waals surface area contributed by atoms with Crippen molar-refractivity contribution in [1.82, 2.24) is 15.0 Å². The molecule has 0 unspecified atom stereocenters. The molecule has 3 N–H and O–H groups in total. The van der Waals surface area contributed by atoms with Crippen molar-refractivity contribution in [2.24, 2.45) is 0 Å². The Labute approximate surface area is 188 Å². The van der Waals surface area contributed by atoms with E-state index in [2.05, 4.69) is 20.3 Å². The van der Waals surface area contributed by atoms with Crippen LogP contribution >= 0.6 is 11.6 Å². The van der Waals surface area contributed by atoms with Crippen LogP contribution in [-0.2, 0) is 17.9 Å². The van der Waals surface area contributed by atoms with Gasteiger partial charge >= 0.3 is 5.97 Å². The summed E-state index contributed by atoms with van der Waals surface area (Å²) in [6, 6.07) is 11.1. The highest BCUT2D eigenvalue weighted by atomic mass is 35.5. The maximum Gasteiger partial charge on any atom is 0.340 e. The Hall–Kier alpha value is -3.99. The van der Waals surface area contributed by atoms with Crippen molar-refractivity contribution < 1.29 is 14.5 Å². The molecule has 0 aliphatic rings.